The summed E-state index contributed by atoms with van der Waals surface area (Å²) in [6.45, 7) is 2.24. The number of unbranched alkanes of at least 4 members (excludes halogenated alkanes) is 14. The van der Waals surface area contributed by atoms with Crippen molar-refractivity contribution in [3.8, 4) is 5.75 Å². The van der Waals surface area contributed by atoms with Crippen molar-refractivity contribution in [2.24, 2.45) is 0 Å². The number of phenolic OH excluding ortho intramolecular Hbond substituents is 1. The summed E-state index contributed by atoms with van der Waals surface area (Å²) >= 11 is 0. The van der Waals surface area contributed by atoms with Crippen LogP contribution < -0.4 is 34.9 Å². The summed E-state index contributed by atoms with van der Waals surface area (Å²) in [5.74, 6) is -1.90. The first-order valence-corrected chi connectivity index (χ1v) is 15.2. The molecule has 2 aromatic rings. The predicted octanol–water partition coefficient (Wildman–Crippen LogP) is 3.97. The van der Waals surface area contributed by atoms with Crippen LogP contribution >= 0.6 is 0 Å². The van der Waals surface area contributed by atoms with Gasteiger partial charge in [-0.2, -0.15) is 0 Å². The minimum Gasteiger partial charge on any atom is -0.744 e. The fourth-order valence-corrected chi connectivity index (χ4v) is 5.33. The van der Waals surface area contributed by atoms with Crippen LogP contribution in [0.5, 0.6) is 5.75 Å². The van der Waals surface area contributed by atoms with E-state index >= 15 is 0 Å². The van der Waals surface area contributed by atoms with E-state index < -0.39 is 38.1 Å². The van der Waals surface area contributed by atoms with Gasteiger partial charge in [0.15, 0.2) is 0 Å². The quantitative estimate of drug-likeness (QED) is 0.163. The van der Waals surface area contributed by atoms with Gasteiger partial charge >= 0.3 is 29.6 Å². The molecule has 0 atom stereocenters. The third-order valence-electron chi connectivity index (χ3n) is 6.75. The summed E-state index contributed by atoms with van der Waals surface area (Å²) in [6.07, 6.45) is 18.4. The number of hydrogen-bond donors (Lipinski definition) is 2. The Morgan fingerprint density at radius 1 is 0.789 bits per heavy atom. The largest absolute Gasteiger partial charge is 1.00 e. The van der Waals surface area contributed by atoms with Crippen molar-refractivity contribution in [1.82, 2.24) is 5.32 Å². The Balaban J connectivity index is 0.00000722. The number of aromatic hydroxyl groups is 1. The number of amides is 2. The summed E-state index contributed by atoms with van der Waals surface area (Å²) < 4.78 is 35.1. The fourth-order valence-electron chi connectivity index (χ4n) is 4.62. The molecular weight excluding hydrogens is 513 g/mol. The van der Waals surface area contributed by atoms with Gasteiger partial charge in [0, 0.05) is 17.2 Å². The Kier molecular flexibility index (Phi) is 17.1. The number of fused-ring (bicyclic) bond motifs is 1. The van der Waals surface area contributed by atoms with Gasteiger partial charge in [0.1, 0.15) is 15.9 Å². The molecule has 0 saturated carbocycles. The molecule has 0 heterocycles. The maximum atomic E-state index is 12.6. The second-order valence-corrected chi connectivity index (χ2v) is 11.2. The molecule has 0 aliphatic heterocycles. The van der Waals surface area contributed by atoms with E-state index in [4.69, 9.17) is 0 Å². The van der Waals surface area contributed by atoms with E-state index in [1.165, 1.54) is 88.8 Å². The van der Waals surface area contributed by atoms with Gasteiger partial charge in [-0.05, 0) is 12.5 Å². The van der Waals surface area contributed by atoms with Crippen LogP contribution in [-0.2, 0) is 14.9 Å². The van der Waals surface area contributed by atoms with Crippen molar-refractivity contribution in [2.45, 2.75) is 115 Å². The Morgan fingerprint density at radius 3 is 1.71 bits per heavy atom. The van der Waals surface area contributed by atoms with Crippen molar-refractivity contribution in [2.75, 3.05) is 0 Å². The maximum Gasteiger partial charge on any atom is 1.00 e. The molecule has 0 aromatic heterocycles. The third-order valence-corrected chi connectivity index (χ3v) is 7.63. The Labute approximate surface area is 250 Å². The molecule has 0 fully saturated rings. The monoisotopic (exact) mass is 555 g/mol. The molecular formula is C29H42NNaO6S. The van der Waals surface area contributed by atoms with Crippen LogP contribution in [0.3, 0.4) is 0 Å². The first-order chi connectivity index (χ1) is 17.8. The molecule has 0 saturated heterocycles. The number of rotatable bonds is 18. The summed E-state index contributed by atoms with van der Waals surface area (Å²) in [7, 11) is -4.89. The van der Waals surface area contributed by atoms with Crippen LogP contribution in [0, 0.1) is 0 Å². The maximum absolute atomic E-state index is 12.6. The summed E-state index contributed by atoms with van der Waals surface area (Å²) in [5, 5.41) is 12.7. The predicted molar refractivity (Wildman–Crippen MR) is 146 cm³/mol. The van der Waals surface area contributed by atoms with Crippen LogP contribution in [0.4, 0.5) is 0 Å². The average molecular weight is 556 g/mol. The second-order valence-electron chi connectivity index (χ2n) is 9.85. The summed E-state index contributed by atoms with van der Waals surface area (Å²) in [5.41, 5.74) is -0.419. The minimum atomic E-state index is -4.89. The zero-order valence-electron chi connectivity index (χ0n) is 23.1. The molecule has 38 heavy (non-hydrogen) atoms. The number of carbonyl (C=O) groups excluding carboxylic acids is 2. The van der Waals surface area contributed by atoms with E-state index in [0.717, 1.165) is 25.3 Å². The molecule has 9 heteroatoms. The molecule has 0 spiro atoms. The zero-order valence-corrected chi connectivity index (χ0v) is 25.9. The average Bonchev–Trinajstić information content (AvgIpc) is 2.86. The van der Waals surface area contributed by atoms with Crippen LogP contribution in [0.15, 0.2) is 35.2 Å². The van der Waals surface area contributed by atoms with E-state index in [1.54, 1.807) is 6.07 Å². The fraction of sp³-hybridized carbons (Fsp3) is 0.586. The molecule has 206 valence electrons. The van der Waals surface area contributed by atoms with E-state index in [0.29, 0.717) is 6.42 Å². The Bertz CT molecular complexity index is 1120. The molecule has 2 aromatic carbocycles. The Morgan fingerprint density at radius 2 is 1.24 bits per heavy atom. The molecule has 0 radical (unpaired) electrons. The van der Waals surface area contributed by atoms with Gasteiger partial charge in [0.05, 0.1) is 10.5 Å². The number of imide groups is 1. The second kappa shape index (κ2) is 18.8. The van der Waals surface area contributed by atoms with E-state index in [1.807, 2.05) is 0 Å². The van der Waals surface area contributed by atoms with Crippen molar-refractivity contribution in [1.29, 1.82) is 0 Å². The molecule has 7 nitrogen and oxygen atoms in total. The van der Waals surface area contributed by atoms with Crippen molar-refractivity contribution in [3.63, 3.8) is 0 Å². The smallest absolute Gasteiger partial charge is 0.744 e. The van der Waals surface area contributed by atoms with Crippen molar-refractivity contribution in [3.05, 3.63) is 35.9 Å². The molecule has 0 aliphatic rings. The number of carbonyl (C=O) groups is 2. The molecule has 2 amide bonds. The molecule has 2 rings (SSSR count). The number of benzene rings is 2. The van der Waals surface area contributed by atoms with Crippen molar-refractivity contribution >= 4 is 32.7 Å². The molecule has 2 N–H and O–H groups in total. The topological polar surface area (TPSA) is 124 Å². The first kappa shape index (κ1) is 34.6. The van der Waals surface area contributed by atoms with Gasteiger partial charge in [-0.3, -0.25) is 14.9 Å². The van der Waals surface area contributed by atoms with E-state index in [-0.39, 0.29) is 46.8 Å². The zero-order chi connectivity index (χ0) is 27.1. The summed E-state index contributed by atoms with van der Waals surface area (Å²) in [6, 6.07) is 6.69. The normalized spacial score (nSPS) is 11.3. The van der Waals surface area contributed by atoms with Crippen LogP contribution in [0.1, 0.15) is 120 Å². The SMILES string of the molecule is CCCCCCCCCCCCCCCCCC(=O)NC(=O)c1cc(S(=O)(=O)[O-])c2ccccc2c1O.[Na+]. The molecule has 0 unspecified atom stereocenters. The van der Waals surface area contributed by atoms with Crippen LogP contribution in [0.2, 0.25) is 0 Å². The number of hydrogen-bond acceptors (Lipinski definition) is 6. The van der Waals surface area contributed by atoms with Crippen LogP contribution in [-0.4, -0.2) is 29.9 Å². The van der Waals surface area contributed by atoms with E-state index in [9.17, 15) is 27.7 Å². The molecule has 0 bridgehead atoms. The minimum absolute atomic E-state index is 0. The standard InChI is InChI=1S/C29H43NO6S.Na/c1-2-3-4-5-6-7-8-9-10-11-12-13-14-15-16-21-27(31)30-29(33)25-22-26(37(34,35)36)23-19-17-18-20-24(23)28(25)32;/h17-20,22,32H,2-16,21H2,1H3,(H,30,31,33)(H,34,35,36);/q;+1/p-1. The van der Waals surface area contributed by atoms with Crippen LogP contribution in [0.25, 0.3) is 10.8 Å². The number of phenols is 1. The van der Waals surface area contributed by atoms with Gasteiger partial charge in [-0.15, -0.1) is 0 Å². The third kappa shape index (κ3) is 12.2. The van der Waals surface area contributed by atoms with Gasteiger partial charge in [0.2, 0.25) is 5.91 Å². The first-order valence-electron chi connectivity index (χ1n) is 13.8. The van der Waals surface area contributed by atoms with Gasteiger partial charge in [-0.1, -0.05) is 121 Å². The Hall–Kier alpha value is -1.45. The summed E-state index contributed by atoms with van der Waals surface area (Å²) in [4.78, 5) is 24.2. The van der Waals surface area contributed by atoms with Gasteiger partial charge in [-0.25, -0.2) is 8.42 Å². The van der Waals surface area contributed by atoms with Gasteiger partial charge in [0.25, 0.3) is 5.91 Å². The molecule has 0 aliphatic carbocycles. The van der Waals surface area contributed by atoms with Crippen molar-refractivity contribution < 1.29 is 57.2 Å². The number of nitrogens with one attached hydrogen (secondary N) is 1. The van der Waals surface area contributed by atoms with E-state index in [2.05, 4.69) is 12.2 Å². The van der Waals surface area contributed by atoms with Gasteiger partial charge < -0.3 is 9.66 Å².